The molecule has 3 rings (SSSR count). The number of aromatic amines is 1. The minimum atomic E-state index is -0.0900. The van der Waals surface area contributed by atoms with Crippen LogP contribution in [0.1, 0.15) is 23.3 Å². The van der Waals surface area contributed by atoms with Gasteiger partial charge in [0, 0.05) is 16.7 Å². The highest BCUT2D eigenvalue weighted by atomic mass is 32.2. The third-order valence-corrected chi connectivity index (χ3v) is 4.92. The molecule has 1 fully saturated rings. The maximum absolute atomic E-state index is 12.1. The number of nitrogens with zero attached hydrogens (tertiary/aromatic N) is 1. The van der Waals surface area contributed by atoms with Gasteiger partial charge in [-0.1, -0.05) is 18.2 Å². The first-order valence-electron chi connectivity index (χ1n) is 6.01. The van der Waals surface area contributed by atoms with Crippen molar-refractivity contribution >= 4 is 28.6 Å². The maximum Gasteiger partial charge on any atom is 0.272 e. The SMILES string of the molecule is CSC1(CNC(=O)c2n[nH]c3ccccc23)CC1. The van der Waals surface area contributed by atoms with Crippen molar-refractivity contribution in [2.45, 2.75) is 17.6 Å². The highest BCUT2D eigenvalue weighted by Crippen LogP contribution is 2.46. The summed E-state index contributed by atoms with van der Waals surface area (Å²) in [4.78, 5) is 12.1. The third kappa shape index (κ3) is 1.99. The minimum Gasteiger partial charge on any atom is -0.349 e. The molecule has 1 aliphatic carbocycles. The van der Waals surface area contributed by atoms with Gasteiger partial charge >= 0.3 is 0 Å². The van der Waals surface area contributed by atoms with E-state index in [1.807, 2.05) is 36.0 Å². The number of hydrogen-bond acceptors (Lipinski definition) is 3. The third-order valence-electron chi connectivity index (χ3n) is 3.50. The Morgan fingerprint density at radius 3 is 3.00 bits per heavy atom. The molecule has 1 saturated carbocycles. The summed E-state index contributed by atoms with van der Waals surface area (Å²) in [5.74, 6) is -0.0900. The highest BCUT2D eigenvalue weighted by molar-refractivity contribution is 8.00. The lowest BCUT2D eigenvalue weighted by Gasteiger charge is -2.12. The molecule has 1 heterocycles. The number of hydrogen-bond donors (Lipinski definition) is 2. The summed E-state index contributed by atoms with van der Waals surface area (Å²) >= 11 is 1.84. The quantitative estimate of drug-likeness (QED) is 0.887. The zero-order valence-electron chi connectivity index (χ0n) is 10.2. The van der Waals surface area contributed by atoms with Crippen LogP contribution < -0.4 is 5.32 Å². The Hall–Kier alpha value is -1.49. The van der Waals surface area contributed by atoms with Crippen molar-refractivity contribution in [3.63, 3.8) is 0 Å². The first-order chi connectivity index (χ1) is 8.74. The van der Waals surface area contributed by atoms with Gasteiger partial charge < -0.3 is 5.32 Å². The van der Waals surface area contributed by atoms with Gasteiger partial charge in [-0.3, -0.25) is 9.89 Å². The molecular formula is C13H15N3OS. The second kappa shape index (κ2) is 4.31. The van der Waals surface area contributed by atoms with Crippen LogP contribution in [0.4, 0.5) is 0 Å². The van der Waals surface area contributed by atoms with Crippen molar-refractivity contribution < 1.29 is 4.79 Å². The number of benzene rings is 1. The second-order valence-electron chi connectivity index (χ2n) is 4.69. The predicted octanol–water partition coefficient (Wildman–Crippen LogP) is 2.19. The molecule has 2 N–H and O–H groups in total. The molecule has 94 valence electrons. The summed E-state index contributed by atoms with van der Waals surface area (Å²) in [5, 5.41) is 10.8. The Balaban J connectivity index is 1.76. The highest BCUT2D eigenvalue weighted by Gasteiger charge is 2.42. The van der Waals surface area contributed by atoms with Crippen LogP contribution in [-0.4, -0.2) is 33.7 Å². The zero-order chi connectivity index (χ0) is 12.6. The van der Waals surface area contributed by atoms with Crippen molar-refractivity contribution in [1.29, 1.82) is 0 Å². The number of para-hydroxylation sites is 1. The second-order valence-corrected chi connectivity index (χ2v) is 5.96. The molecule has 0 bridgehead atoms. The van der Waals surface area contributed by atoms with E-state index < -0.39 is 0 Å². The monoisotopic (exact) mass is 261 g/mol. The molecule has 1 amide bonds. The number of nitrogens with one attached hydrogen (secondary N) is 2. The Morgan fingerprint density at radius 1 is 1.50 bits per heavy atom. The average Bonchev–Trinajstić information content (AvgIpc) is 3.07. The van der Waals surface area contributed by atoms with Crippen molar-refractivity contribution in [2.24, 2.45) is 0 Å². The van der Waals surface area contributed by atoms with Gasteiger partial charge in [-0.05, 0) is 25.2 Å². The molecule has 1 aliphatic rings. The fourth-order valence-corrected chi connectivity index (χ4v) is 2.78. The molecule has 0 unspecified atom stereocenters. The van der Waals surface area contributed by atoms with E-state index in [-0.39, 0.29) is 10.7 Å². The van der Waals surface area contributed by atoms with E-state index in [0.29, 0.717) is 5.69 Å². The molecule has 0 saturated heterocycles. The first kappa shape index (κ1) is 11.6. The zero-order valence-corrected chi connectivity index (χ0v) is 11.0. The van der Waals surface area contributed by atoms with Gasteiger partial charge in [-0.25, -0.2) is 0 Å². The Labute approximate surface area is 110 Å². The van der Waals surface area contributed by atoms with Crippen LogP contribution in [0.3, 0.4) is 0 Å². The molecule has 1 aromatic heterocycles. The molecule has 0 atom stereocenters. The molecule has 4 nitrogen and oxygen atoms in total. The number of thioether (sulfide) groups is 1. The lowest BCUT2D eigenvalue weighted by atomic mass is 10.2. The summed E-state index contributed by atoms with van der Waals surface area (Å²) in [6.07, 6.45) is 4.48. The number of rotatable bonds is 4. The minimum absolute atomic E-state index is 0.0900. The van der Waals surface area contributed by atoms with E-state index in [9.17, 15) is 4.79 Å². The van der Waals surface area contributed by atoms with Gasteiger partial charge in [0.2, 0.25) is 0 Å². The van der Waals surface area contributed by atoms with Crippen molar-refractivity contribution in [3.05, 3.63) is 30.0 Å². The van der Waals surface area contributed by atoms with Gasteiger partial charge in [-0.15, -0.1) is 0 Å². The fourth-order valence-electron chi connectivity index (χ4n) is 2.05. The van der Waals surface area contributed by atoms with Crippen LogP contribution in [0.25, 0.3) is 10.9 Å². The van der Waals surface area contributed by atoms with E-state index in [0.717, 1.165) is 17.4 Å². The molecule has 2 aromatic rings. The largest absolute Gasteiger partial charge is 0.349 e. The topological polar surface area (TPSA) is 57.8 Å². The normalized spacial score (nSPS) is 16.7. The molecular weight excluding hydrogens is 246 g/mol. The van der Waals surface area contributed by atoms with E-state index in [4.69, 9.17) is 0 Å². The van der Waals surface area contributed by atoms with E-state index in [1.54, 1.807) is 0 Å². The summed E-state index contributed by atoms with van der Waals surface area (Å²) in [6.45, 7) is 0.730. The van der Waals surface area contributed by atoms with Crippen LogP contribution in [0, 0.1) is 0 Å². The maximum atomic E-state index is 12.1. The van der Waals surface area contributed by atoms with Crippen LogP contribution in [-0.2, 0) is 0 Å². The smallest absolute Gasteiger partial charge is 0.272 e. The molecule has 0 spiro atoms. The summed E-state index contributed by atoms with van der Waals surface area (Å²) in [5.41, 5.74) is 1.39. The number of carbonyl (C=O) groups is 1. The van der Waals surface area contributed by atoms with Crippen LogP contribution in [0.15, 0.2) is 24.3 Å². The molecule has 5 heteroatoms. The molecule has 18 heavy (non-hydrogen) atoms. The average molecular weight is 261 g/mol. The molecule has 1 aromatic carbocycles. The van der Waals surface area contributed by atoms with Crippen LogP contribution in [0.5, 0.6) is 0 Å². The summed E-state index contributed by atoms with van der Waals surface area (Å²) in [6, 6.07) is 7.67. The van der Waals surface area contributed by atoms with Gasteiger partial charge in [0.15, 0.2) is 5.69 Å². The van der Waals surface area contributed by atoms with Gasteiger partial charge in [0.25, 0.3) is 5.91 Å². The molecule has 0 radical (unpaired) electrons. The van der Waals surface area contributed by atoms with Crippen molar-refractivity contribution in [1.82, 2.24) is 15.5 Å². The standard InChI is InChI=1S/C13H15N3OS/c1-18-13(6-7-13)8-14-12(17)11-9-4-2-3-5-10(9)15-16-11/h2-5H,6-8H2,1H3,(H,14,17)(H,15,16). The van der Waals surface area contributed by atoms with Crippen LogP contribution in [0.2, 0.25) is 0 Å². The van der Waals surface area contributed by atoms with E-state index in [2.05, 4.69) is 21.8 Å². The lowest BCUT2D eigenvalue weighted by molar-refractivity contribution is 0.0949. The van der Waals surface area contributed by atoms with E-state index >= 15 is 0 Å². The number of aromatic nitrogens is 2. The number of amides is 1. The number of fused-ring (bicyclic) bond motifs is 1. The fraction of sp³-hybridized carbons (Fsp3) is 0.385. The Kier molecular flexibility index (Phi) is 2.78. The Bertz CT molecular complexity index is 589. The van der Waals surface area contributed by atoms with Gasteiger partial charge in [0.05, 0.1) is 5.52 Å². The van der Waals surface area contributed by atoms with Crippen LogP contribution >= 0.6 is 11.8 Å². The Morgan fingerprint density at radius 2 is 2.28 bits per heavy atom. The van der Waals surface area contributed by atoms with E-state index in [1.165, 1.54) is 12.8 Å². The lowest BCUT2D eigenvalue weighted by Crippen LogP contribution is -2.32. The predicted molar refractivity (Wildman–Crippen MR) is 73.9 cm³/mol. The van der Waals surface area contributed by atoms with Gasteiger partial charge in [0.1, 0.15) is 0 Å². The molecule has 0 aliphatic heterocycles. The van der Waals surface area contributed by atoms with Gasteiger partial charge in [-0.2, -0.15) is 16.9 Å². The number of carbonyl (C=O) groups excluding carboxylic acids is 1. The summed E-state index contributed by atoms with van der Waals surface area (Å²) < 4.78 is 0.280. The number of H-pyrrole nitrogens is 1. The first-order valence-corrected chi connectivity index (χ1v) is 7.23. The summed E-state index contributed by atoms with van der Waals surface area (Å²) in [7, 11) is 0. The van der Waals surface area contributed by atoms with Crippen molar-refractivity contribution in [3.8, 4) is 0 Å². The van der Waals surface area contributed by atoms with Crippen molar-refractivity contribution in [2.75, 3.05) is 12.8 Å².